The first-order valence-electron chi connectivity index (χ1n) is 5.64. The zero-order chi connectivity index (χ0) is 13.3. The van der Waals surface area contributed by atoms with Crippen molar-refractivity contribution in [1.29, 1.82) is 0 Å². The SMILES string of the molecule is COc1cnc2c(NC(C)(C)C)nc(N)nc2c1. The third-order valence-electron chi connectivity index (χ3n) is 2.26. The standard InChI is InChI=1S/C12H17N5O/c1-12(2,3)17-10-9-8(15-11(13)16-10)5-7(18-4)6-14-9/h5-6H,1-4H3,(H3,13,15,16,17). The molecule has 0 aliphatic carbocycles. The fraction of sp³-hybridized carbons (Fsp3) is 0.417. The lowest BCUT2D eigenvalue weighted by molar-refractivity contribution is 0.413. The van der Waals surface area contributed by atoms with E-state index < -0.39 is 0 Å². The highest BCUT2D eigenvalue weighted by molar-refractivity contribution is 5.87. The molecule has 2 rings (SSSR count). The van der Waals surface area contributed by atoms with Crippen LogP contribution in [0.25, 0.3) is 11.0 Å². The number of aromatic nitrogens is 3. The number of nitrogens with one attached hydrogen (secondary N) is 1. The summed E-state index contributed by atoms with van der Waals surface area (Å²) in [5, 5.41) is 3.27. The normalized spacial score (nSPS) is 11.6. The minimum absolute atomic E-state index is 0.130. The van der Waals surface area contributed by atoms with Crippen molar-refractivity contribution < 1.29 is 4.74 Å². The molecule has 96 valence electrons. The van der Waals surface area contributed by atoms with Gasteiger partial charge in [-0.2, -0.15) is 4.98 Å². The Bertz CT molecular complexity index is 576. The van der Waals surface area contributed by atoms with Crippen LogP contribution in [0.5, 0.6) is 5.75 Å². The Balaban J connectivity index is 2.59. The van der Waals surface area contributed by atoms with Crippen LogP contribution in [0, 0.1) is 0 Å². The molecule has 2 aromatic heterocycles. The van der Waals surface area contributed by atoms with Gasteiger partial charge in [-0.3, -0.25) is 0 Å². The molecule has 0 radical (unpaired) electrons. The second kappa shape index (κ2) is 4.29. The third-order valence-corrected chi connectivity index (χ3v) is 2.26. The van der Waals surface area contributed by atoms with E-state index in [4.69, 9.17) is 10.5 Å². The minimum atomic E-state index is -0.130. The van der Waals surface area contributed by atoms with Crippen molar-refractivity contribution in [2.75, 3.05) is 18.2 Å². The largest absolute Gasteiger partial charge is 0.495 e. The summed E-state index contributed by atoms with van der Waals surface area (Å²) in [4.78, 5) is 12.7. The predicted molar refractivity (Wildman–Crippen MR) is 71.7 cm³/mol. The molecule has 0 saturated heterocycles. The van der Waals surface area contributed by atoms with E-state index in [2.05, 4.69) is 20.3 Å². The van der Waals surface area contributed by atoms with E-state index in [1.165, 1.54) is 0 Å². The second-order valence-electron chi connectivity index (χ2n) is 5.05. The number of fused-ring (bicyclic) bond motifs is 1. The summed E-state index contributed by atoms with van der Waals surface area (Å²) in [5.41, 5.74) is 6.92. The number of ether oxygens (including phenoxy) is 1. The monoisotopic (exact) mass is 247 g/mol. The first-order chi connectivity index (χ1) is 8.39. The van der Waals surface area contributed by atoms with Crippen molar-refractivity contribution in [2.45, 2.75) is 26.3 Å². The van der Waals surface area contributed by atoms with E-state index in [1.807, 2.05) is 20.8 Å². The molecule has 0 spiro atoms. The Kier molecular flexibility index (Phi) is 2.94. The molecule has 0 aromatic carbocycles. The fourth-order valence-electron chi connectivity index (χ4n) is 1.57. The number of rotatable bonds is 2. The van der Waals surface area contributed by atoms with Crippen molar-refractivity contribution in [2.24, 2.45) is 0 Å². The van der Waals surface area contributed by atoms with Crippen LogP contribution < -0.4 is 15.8 Å². The summed E-state index contributed by atoms with van der Waals surface area (Å²) >= 11 is 0. The highest BCUT2D eigenvalue weighted by Crippen LogP contribution is 2.24. The van der Waals surface area contributed by atoms with Crippen LogP contribution in [0.3, 0.4) is 0 Å². The van der Waals surface area contributed by atoms with Crippen LogP contribution >= 0.6 is 0 Å². The Morgan fingerprint density at radius 1 is 1.28 bits per heavy atom. The van der Waals surface area contributed by atoms with Crippen LogP contribution in [0.4, 0.5) is 11.8 Å². The van der Waals surface area contributed by atoms with Gasteiger partial charge < -0.3 is 15.8 Å². The van der Waals surface area contributed by atoms with Gasteiger partial charge in [-0.1, -0.05) is 0 Å². The molecular weight excluding hydrogens is 230 g/mol. The van der Waals surface area contributed by atoms with Gasteiger partial charge in [0.05, 0.1) is 13.3 Å². The summed E-state index contributed by atoms with van der Waals surface area (Å²) in [7, 11) is 1.59. The smallest absolute Gasteiger partial charge is 0.222 e. The molecule has 2 heterocycles. The van der Waals surface area contributed by atoms with Gasteiger partial charge in [0.15, 0.2) is 5.82 Å². The molecule has 0 fully saturated rings. The number of hydrogen-bond acceptors (Lipinski definition) is 6. The maximum atomic E-state index is 5.70. The minimum Gasteiger partial charge on any atom is -0.495 e. The van der Waals surface area contributed by atoms with Gasteiger partial charge >= 0.3 is 0 Å². The lowest BCUT2D eigenvalue weighted by Crippen LogP contribution is -2.27. The summed E-state index contributed by atoms with van der Waals surface area (Å²) in [5.74, 6) is 1.49. The Morgan fingerprint density at radius 2 is 2.00 bits per heavy atom. The molecular formula is C12H17N5O. The quantitative estimate of drug-likeness (QED) is 0.842. The number of methoxy groups -OCH3 is 1. The van der Waals surface area contributed by atoms with Crippen LogP contribution in [-0.2, 0) is 0 Å². The van der Waals surface area contributed by atoms with E-state index >= 15 is 0 Å². The Hall–Kier alpha value is -2.11. The molecule has 0 bridgehead atoms. The lowest BCUT2D eigenvalue weighted by Gasteiger charge is -2.22. The highest BCUT2D eigenvalue weighted by Gasteiger charge is 2.15. The number of anilines is 2. The van der Waals surface area contributed by atoms with E-state index in [0.29, 0.717) is 22.6 Å². The molecule has 0 saturated carbocycles. The summed E-state index contributed by atoms with van der Waals surface area (Å²) in [6, 6.07) is 1.79. The predicted octanol–water partition coefficient (Wildman–Crippen LogP) is 1.83. The van der Waals surface area contributed by atoms with E-state index in [-0.39, 0.29) is 11.5 Å². The van der Waals surface area contributed by atoms with E-state index in [0.717, 1.165) is 0 Å². The van der Waals surface area contributed by atoms with Crippen LogP contribution in [-0.4, -0.2) is 27.6 Å². The summed E-state index contributed by atoms with van der Waals surface area (Å²) < 4.78 is 5.12. The molecule has 6 heteroatoms. The molecule has 2 aromatic rings. The second-order valence-corrected chi connectivity index (χ2v) is 5.05. The van der Waals surface area contributed by atoms with Gasteiger partial charge in [-0.15, -0.1) is 0 Å². The average molecular weight is 247 g/mol. The topological polar surface area (TPSA) is 86.0 Å². The molecule has 3 N–H and O–H groups in total. The van der Waals surface area contributed by atoms with E-state index in [9.17, 15) is 0 Å². The lowest BCUT2D eigenvalue weighted by atomic mass is 10.1. The summed E-state index contributed by atoms with van der Waals surface area (Å²) in [6.45, 7) is 6.13. The first-order valence-corrected chi connectivity index (χ1v) is 5.64. The Morgan fingerprint density at radius 3 is 2.61 bits per heavy atom. The van der Waals surface area contributed by atoms with E-state index in [1.54, 1.807) is 19.4 Å². The van der Waals surface area contributed by atoms with Gasteiger partial charge in [0.1, 0.15) is 16.8 Å². The number of nitrogen functional groups attached to an aromatic ring is 1. The molecule has 18 heavy (non-hydrogen) atoms. The fourth-order valence-corrected chi connectivity index (χ4v) is 1.57. The molecule has 6 nitrogen and oxygen atoms in total. The molecule has 0 aliphatic heterocycles. The van der Waals surface area contributed by atoms with Gasteiger partial charge in [-0.05, 0) is 20.8 Å². The van der Waals surface area contributed by atoms with Crippen molar-refractivity contribution in [3.63, 3.8) is 0 Å². The average Bonchev–Trinajstić information content (AvgIpc) is 2.25. The maximum Gasteiger partial charge on any atom is 0.222 e. The van der Waals surface area contributed by atoms with Crippen molar-refractivity contribution in [3.05, 3.63) is 12.3 Å². The van der Waals surface area contributed by atoms with Gasteiger partial charge in [0, 0.05) is 11.6 Å². The van der Waals surface area contributed by atoms with Gasteiger partial charge in [-0.25, -0.2) is 9.97 Å². The van der Waals surface area contributed by atoms with Crippen LogP contribution in [0.2, 0.25) is 0 Å². The molecule has 0 amide bonds. The highest BCUT2D eigenvalue weighted by atomic mass is 16.5. The number of hydrogen-bond donors (Lipinski definition) is 2. The zero-order valence-corrected chi connectivity index (χ0v) is 11.0. The van der Waals surface area contributed by atoms with Crippen LogP contribution in [0.1, 0.15) is 20.8 Å². The molecule has 0 atom stereocenters. The molecule has 0 unspecified atom stereocenters. The molecule has 0 aliphatic rings. The first kappa shape index (κ1) is 12.3. The van der Waals surface area contributed by atoms with Gasteiger partial charge in [0.2, 0.25) is 5.95 Å². The van der Waals surface area contributed by atoms with Crippen molar-refractivity contribution in [3.8, 4) is 5.75 Å². The van der Waals surface area contributed by atoms with Crippen molar-refractivity contribution >= 4 is 22.8 Å². The Labute approximate surface area is 106 Å². The number of nitrogens with zero attached hydrogens (tertiary/aromatic N) is 3. The number of nitrogens with two attached hydrogens (primary N) is 1. The third kappa shape index (κ3) is 2.58. The maximum absolute atomic E-state index is 5.70. The van der Waals surface area contributed by atoms with Crippen molar-refractivity contribution in [1.82, 2.24) is 15.0 Å². The van der Waals surface area contributed by atoms with Crippen LogP contribution in [0.15, 0.2) is 12.3 Å². The van der Waals surface area contributed by atoms with Gasteiger partial charge in [0.25, 0.3) is 0 Å². The zero-order valence-electron chi connectivity index (χ0n) is 11.0. The number of pyridine rings is 1. The summed E-state index contributed by atoms with van der Waals surface area (Å²) in [6.07, 6.45) is 1.63.